The van der Waals surface area contributed by atoms with E-state index < -0.39 is 230 Å². The number of phenols is 24. The molecule has 32 heteroatoms. The lowest BCUT2D eigenvalue weighted by atomic mass is 10.2. The lowest BCUT2D eigenvalue weighted by Gasteiger charge is -2.19. The molecular formula is C54H38O32. The van der Waals surface area contributed by atoms with Crippen molar-refractivity contribution in [2.75, 3.05) is 0 Å². The van der Waals surface area contributed by atoms with Crippen LogP contribution in [0.3, 0.4) is 0 Å². The summed E-state index contributed by atoms with van der Waals surface area (Å²) in [6.07, 6.45) is 0. The average molecular weight is 1200 g/mol. The van der Waals surface area contributed by atoms with Crippen molar-refractivity contribution in [3.63, 3.8) is 0 Å². The molecule has 86 heavy (non-hydrogen) atoms. The molecule has 0 unspecified atom stereocenters. The molecule has 0 aliphatic heterocycles. The van der Waals surface area contributed by atoms with Crippen LogP contribution in [0.25, 0.3) is 0 Å². The van der Waals surface area contributed by atoms with Crippen LogP contribution < -0.4 is 37.9 Å². The molecule has 9 aromatic rings. The highest BCUT2D eigenvalue weighted by Gasteiger charge is 2.31. The number of hydrogen-bond donors (Lipinski definition) is 24. The Hall–Kier alpha value is -13.4. The molecule has 0 bridgehead atoms. The van der Waals surface area contributed by atoms with E-state index in [0.29, 0.717) is 60.7 Å². The van der Waals surface area contributed by atoms with Crippen LogP contribution >= 0.6 is 0 Å². The van der Waals surface area contributed by atoms with Crippen LogP contribution in [0.5, 0.6) is 230 Å². The van der Waals surface area contributed by atoms with Gasteiger partial charge in [0.15, 0.2) is 103 Å². The standard InChI is InChI=1S/C54H38O32/c55-15-1-26(62)47(27(63)2-15)83-34-11-22(58)40(72)44(76)52(34)80-17-5-30(66)49(31(67)6-17)85-36-13-24(60)42(74)46(78)54(36)82-19-9-32(68)50(33(69)10-19)86-37-14-25(61)41(73)45(77)53(37)81-18-7-28(64)48(29(65)8-18)84-35-12-23(59)39(71)43(75)51(35)79-16-3-20(56)38(70)21(57)4-16/h1-14,55-78H. The largest absolute Gasteiger partial charge is 0.508 e. The highest BCUT2D eigenvalue weighted by molar-refractivity contribution is 5.72. The fourth-order valence-electron chi connectivity index (χ4n) is 7.56. The van der Waals surface area contributed by atoms with Crippen molar-refractivity contribution in [3.05, 3.63) is 84.9 Å². The van der Waals surface area contributed by atoms with Crippen LogP contribution in [-0.2, 0) is 0 Å². The molecule has 32 nitrogen and oxygen atoms in total. The Balaban J connectivity index is 0.973. The van der Waals surface area contributed by atoms with Crippen molar-refractivity contribution in [2.24, 2.45) is 0 Å². The van der Waals surface area contributed by atoms with Crippen LogP contribution in [-0.4, -0.2) is 123 Å². The Bertz CT molecular complexity index is 4140. The van der Waals surface area contributed by atoms with E-state index in [2.05, 4.69) is 0 Å². The van der Waals surface area contributed by atoms with E-state index in [-0.39, 0.29) is 0 Å². The van der Waals surface area contributed by atoms with Gasteiger partial charge in [0.2, 0.25) is 97.7 Å². The van der Waals surface area contributed by atoms with Gasteiger partial charge in [-0.1, -0.05) is 0 Å². The fraction of sp³-hybridized carbons (Fsp3) is 0. The van der Waals surface area contributed by atoms with Crippen molar-refractivity contribution < 1.29 is 160 Å². The minimum atomic E-state index is -1.32. The summed E-state index contributed by atoms with van der Waals surface area (Å²) in [5, 5.41) is 252. The quantitative estimate of drug-likeness (QED) is 0.0401. The molecule has 24 N–H and O–H groups in total. The second-order valence-corrected chi connectivity index (χ2v) is 17.5. The molecule has 9 rings (SSSR count). The third-order valence-corrected chi connectivity index (χ3v) is 11.6. The highest BCUT2D eigenvalue weighted by Crippen LogP contribution is 2.60. The zero-order valence-electron chi connectivity index (χ0n) is 42.1. The number of aromatic hydroxyl groups is 24. The molecule has 9 aromatic carbocycles. The van der Waals surface area contributed by atoms with Gasteiger partial charge < -0.3 is 160 Å². The summed E-state index contributed by atoms with van der Waals surface area (Å²) in [5.41, 5.74) is 0. The summed E-state index contributed by atoms with van der Waals surface area (Å²) >= 11 is 0. The highest BCUT2D eigenvalue weighted by atomic mass is 16.6. The molecule has 0 heterocycles. The Morgan fingerprint density at radius 1 is 0.151 bits per heavy atom. The third kappa shape index (κ3) is 10.7. The minimum Gasteiger partial charge on any atom is -0.508 e. The summed E-state index contributed by atoms with van der Waals surface area (Å²) in [5.74, 6) is -38.8. The van der Waals surface area contributed by atoms with Crippen LogP contribution in [0.4, 0.5) is 0 Å². The van der Waals surface area contributed by atoms with E-state index >= 15 is 0 Å². The van der Waals surface area contributed by atoms with Gasteiger partial charge in [0.05, 0.1) is 0 Å². The van der Waals surface area contributed by atoms with Crippen molar-refractivity contribution in [1.29, 1.82) is 0 Å². The van der Waals surface area contributed by atoms with Crippen LogP contribution in [0.15, 0.2) is 84.9 Å². The Labute approximate surface area is 474 Å². The summed E-state index contributed by atoms with van der Waals surface area (Å²) in [6, 6.07) is 9.42. The Morgan fingerprint density at radius 3 is 0.535 bits per heavy atom. The minimum absolute atomic E-state index is 0.509. The second kappa shape index (κ2) is 21.6. The van der Waals surface area contributed by atoms with Crippen molar-refractivity contribution >= 4 is 0 Å². The summed E-state index contributed by atoms with van der Waals surface area (Å²) in [6.45, 7) is 0. The van der Waals surface area contributed by atoms with Gasteiger partial charge in [-0.05, 0) is 0 Å². The van der Waals surface area contributed by atoms with Gasteiger partial charge in [-0.2, -0.15) is 0 Å². The van der Waals surface area contributed by atoms with E-state index in [4.69, 9.17) is 37.9 Å². The molecule has 0 radical (unpaired) electrons. The molecule has 0 atom stereocenters. The van der Waals surface area contributed by atoms with Crippen LogP contribution in [0.2, 0.25) is 0 Å². The molecule has 0 aromatic heterocycles. The van der Waals surface area contributed by atoms with Gasteiger partial charge in [0, 0.05) is 84.9 Å². The molecule has 0 fully saturated rings. The molecule has 0 aliphatic carbocycles. The number of ether oxygens (including phenoxy) is 8. The second-order valence-electron chi connectivity index (χ2n) is 17.5. The number of hydrogen-bond acceptors (Lipinski definition) is 32. The predicted octanol–water partition coefficient (Wildman–Crippen LogP) is 8.96. The SMILES string of the molecule is Oc1cc(O)c(Oc2cc(O)c(O)c(O)c2Oc2cc(O)c(Oc3cc(O)c(O)c(O)c3Oc3cc(O)c(Oc4cc(O)c(O)c(O)c4Oc4cc(O)c(Oc5cc(O)c(O)c(O)c5Oc5cc(O)c(O)c(O)c5)c(O)c4)c(O)c3)c(O)c2)c(O)c1. The molecular weight excluding hydrogens is 1160 g/mol. The van der Waals surface area contributed by atoms with Crippen LogP contribution in [0.1, 0.15) is 0 Å². The first-order chi connectivity index (χ1) is 40.5. The van der Waals surface area contributed by atoms with E-state index in [0.717, 1.165) is 24.3 Å². The lowest BCUT2D eigenvalue weighted by molar-refractivity contribution is 0.317. The topological polar surface area (TPSA) is 559 Å². The molecule has 446 valence electrons. The van der Waals surface area contributed by atoms with Gasteiger partial charge >= 0.3 is 0 Å². The van der Waals surface area contributed by atoms with E-state index in [1.807, 2.05) is 0 Å². The fourth-order valence-corrected chi connectivity index (χ4v) is 7.56. The normalized spacial score (nSPS) is 11.0. The third-order valence-electron chi connectivity index (χ3n) is 11.6. The smallest absolute Gasteiger partial charge is 0.215 e. The predicted molar refractivity (Wildman–Crippen MR) is 279 cm³/mol. The monoisotopic (exact) mass is 1200 g/mol. The van der Waals surface area contributed by atoms with Crippen molar-refractivity contribution in [3.8, 4) is 230 Å². The number of rotatable bonds is 16. The van der Waals surface area contributed by atoms with E-state index in [9.17, 15) is 123 Å². The average Bonchev–Trinajstić information content (AvgIpc) is 1.15. The maximum Gasteiger partial charge on any atom is 0.215 e. The van der Waals surface area contributed by atoms with Crippen LogP contribution in [0, 0.1) is 0 Å². The Kier molecular flexibility index (Phi) is 14.4. The van der Waals surface area contributed by atoms with Gasteiger partial charge in [-0.25, -0.2) is 0 Å². The maximum atomic E-state index is 11.2. The molecule has 0 saturated carbocycles. The van der Waals surface area contributed by atoms with Gasteiger partial charge in [-0.15, -0.1) is 0 Å². The zero-order chi connectivity index (χ0) is 62.7. The molecule has 0 aliphatic rings. The molecule has 0 saturated heterocycles. The first kappa shape index (κ1) is 57.3. The van der Waals surface area contributed by atoms with E-state index in [1.165, 1.54) is 0 Å². The Morgan fingerprint density at radius 2 is 0.326 bits per heavy atom. The van der Waals surface area contributed by atoms with Crippen molar-refractivity contribution in [1.82, 2.24) is 0 Å². The zero-order valence-corrected chi connectivity index (χ0v) is 42.1. The molecule has 0 spiro atoms. The number of benzene rings is 9. The first-order valence-corrected chi connectivity index (χ1v) is 23.2. The summed E-state index contributed by atoms with van der Waals surface area (Å²) in [4.78, 5) is 0. The summed E-state index contributed by atoms with van der Waals surface area (Å²) < 4.78 is 44.1. The van der Waals surface area contributed by atoms with Crippen molar-refractivity contribution in [2.45, 2.75) is 0 Å². The molecule has 0 amide bonds. The first-order valence-electron chi connectivity index (χ1n) is 23.2. The lowest BCUT2D eigenvalue weighted by Crippen LogP contribution is -1.96. The van der Waals surface area contributed by atoms with Gasteiger partial charge in [0.25, 0.3) is 0 Å². The van der Waals surface area contributed by atoms with Gasteiger partial charge in [-0.3, -0.25) is 0 Å². The summed E-state index contributed by atoms with van der Waals surface area (Å²) in [7, 11) is 0. The van der Waals surface area contributed by atoms with E-state index in [1.54, 1.807) is 0 Å². The number of phenolic OH excluding ortho intramolecular Hbond substituents is 24. The van der Waals surface area contributed by atoms with Gasteiger partial charge in [0.1, 0.15) is 28.7 Å². The maximum absolute atomic E-state index is 11.2.